The van der Waals surface area contributed by atoms with E-state index < -0.39 is 11.4 Å². The lowest BCUT2D eigenvalue weighted by Gasteiger charge is -2.21. The fourth-order valence-electron chi connectivity index (χ4n) is 3.31. The largest absolute Gasteiger partial charge is 0.478 e. The normalized spacial score (nSPS) is 20.5. The van der Waals surface area contributed by atoms with Gasteiger partial charge in [-0.15, -0.1) is 0 Å². The van der Waals surface area contributed by atoms with Gasteiger partial charge in [0, 0.05) is 10.9 Å². The number of carboxylic acids is 1. The molecule has 5 nitrogen and oxygen atoms in total. The summed E-state index contributed by atoms with van der Waals surface area (Å²) in [7, 11) is 0. The zero-order valence-corrected chi connectivity index (χ0v) is 12.9. The highest BCUT2D eigenvalue weighted by Crippen LogP contribution is 2.48. The van der Waals surface area contributed by atoms with E-state index in [9.17, 15) is 14.4 Å². The maximum atomic E-state index is 12.7. The highest BCUT2D eigenvalue weighted by Gasteiger charge is 2.53. The standard InChI is InChI=1S/C15H14BrNO4/c16-11-4-3-9(7-10(11)13(19)20)17-12(18)8-15(14(17)21)5-1-2-6-15/h3-4,7H,1-2,5-6,8H2,(H,19,20). The number of halogens is 1. The van der Waals surface area contributed by atoms with Gasteiger partial charge in [-0.25, -0.2) is 4.79 Å². The first-order valence-electron chi connectivity index (χ1n) is 6.85. The second kappa shape index (κ2) is 4.94. The van der Waals surface area contributed by atoms with Crippen LogP contribution in [0.1, 0.15) is 42.5 Å². The first-order chi connectivity index (χ1) is 9.94. The van der Waals surface area contributed by atoms with Crippen LogP contribution in [0.3, 0.4) is 0 Å². The molecule has 1 spiro atoms. The minimum Gasteiger partial charge on any atom is -0.478 e. The number of carbonyl (C=O) groups excluding carboxylic acids is 2. The van der Waals surface area contributed by atoms with Gasteiger partial charge in [0.05, 0.1) is 16.7 Å². The highest BCUT2D eigenvalue weighted by molar-refractivity contribution is 9.10. The number of carbonyl (C=O) groups is 3. The van der Waals surface area contributed by atoms with Crippen LogP contribution in [0.4, 0.5) is 5.69 Å². The number of amides is 2. The summed E-state index contributed by atoms with van der Waals surface area (Å²) in [5.74, 6) is -1.51. The number of benzene rings is 1. The topological polar surface area (TPSA) is 74.7 Å². The molecule has 2 aliphatic rings. The second-order valence-corrected chi connectivity index (χ2v) is 6.52. The predicted molar refractivity (Wildman–Crippen MR) is 79.1 cm³/mol. The van der Waals surface area contributed by atoms with Crippen molar-refractivity contribution in [1.29, 1.82) is 0 Å². The number of aromatic carboxylic acids is 1. The lowest BCUT2D eigenvalue weighted by Crippen LogP contribution is -2.34. The molecule has 2 amide bonds. The molecule has 1 aliphatic heterocycles. The van der Waals surface area contributed by atoms with Gasteiger partial charge in [0.2, 0.25) is 11.8 Å². The van der Waals surface area contributed by atoms with Crippen LogP contribution in [0, 0.1) is 5.41 Å². The molecule has 1 aliphatic carbocycles. The SMILES string of the molecule is O=C(O)c1cc(N2C(=O)CC3(CCCC3)C2=O)ccc1Br. The summed E-state index contributed by atoms with van der Waals surface area (Å²) >= 11 is 3.16. The molecule has 0 radical (unpaired) electrons. The van der Waals surface area contributed by atoms with E-state index in [0.29, 0.717) is 10.2 Å². The van der Waals surface area contributed by atoms with E-state index in [1.165, 1.54) is 6.07 Å². The number of hydrogen-bond donors (Lipinski definition) is 1. The van der Waals surface area contributed by atoms with Crippen molar-refractivity contribution in [2.75, 3.05) is 4.90 Å². The minimum absolute atomic E-state index is 0.0421. The van der Waals surface area contributed by atoms with Crippen molar-refractivity contribution in [1.82, 2.24) is 0 Å². The smallest absolute Gasteiger partial charge is 0.336 e. The lowest BCUT2D eigenvalue weighted by atomic mass is 9.84. The van der Waals surface area contributed by atoms with E-state index in [1.54, 1.807) is 12.1 Å². The number of rotatable bonds is 2. The third-order valence-corrected chi connectivity index (χ3v) is 5.09. The van der Waals surface area contributed by atoms with Crippen molar-refractivity contribution >= 4 is 39.4 Å². The van der Waals surface area contributed by atoms with Crippen LogP contribution in [0.25, 0.3) is 0 Å². The molecule has 1 saturated carbocycles. The average molecular weight is 352 g/mol. The first kappa shape index (κ1) is 14.3. The van der Waals surface area contributed by atoms with Gasteiger partial charge in [-0.05, 0) is 47.0 Å². The van der Waals surface area contributed by atoms with E-state index in [1.807, 2.05) is 0 Å². The van der Waals surface area contributed by atoms with Crippen molar-refractivity contribution in [3.05, 3.63) is 28.2 Å². The molecule has 110 valence electrons. The van der Waals surface area contributed by atoms with Gasteiger partial charge in [0.1, 0.15) is 0 Å². The Morgan fingerprint density at radius 2 is 1.90 bits per heavy atom. The minimum atomic E-state index is -1.10. The fourth-order valence-corrected chi connectivity index (χ4v) is 3.73. The maximum Gasteiger partial charge on any atom is 0.336 e. The monoisotopic (exact) mass is 351 g/mol. The molecule has 6 heteroatoms. The molecule has 2 fully saturated rings. The molecular formula is C15H14BrNO4. The van der Waals surface area contributed by atoms with E-state index >= 15 is 0 Å². The molecule has 0 bridgehead atoms. The highest BCUT2D eigenvalue weighted by atomic mass is 79.9. The molecule has 1 aromatic rings. The average Bonchev–Trinajstić information content (AvgIpc) is 2.98. The number of imide groups is 1. The molecule has 3 rings (SSSR count). The lowest BCUT2D eigenvalue weighted by molar-refractivity contribution is -0.125. The van der Waals surface area contributed by atoms with Gasteiger partial charge >= 0.3 is 5.97 Å². The zero-order valence-electron chi connectivity index (χ0n) is 11.3. The molecule has 0 unspecified atom stereocenters. The van der Waals surface area contributed by atoms with Gasteiger partial charge in [-0.2, -0.15) is 0 Å². The third kappa shape index (κ3) is 2.18. The van der Waals surface area contributed by atoms with Crippen LogP contribution in [-0.2, 0) is 9.59 Å². The van der Waals surface area contributed by atoms with Crippen molar-refractivity contribution in [2.24, 2.45) is 5.41 Å². The quantitative estimate of drug-likeness (QED) is 0.831. The van der Waals surface area contributed by atoms with Gasteiger partial charge in [-0.3, -0.25) is 14.5 Å². The maximum absolute atomic E-state index is 12.7. The molecular weight excluding hydrogens is 338 g/mol. The third-order valence-electron chi connectivity index (χ3n) is 4.39. The molecule has 0 atom stereocenters. The fraction of sp³-hybridized carbons (Fsp3) is 0.400. The van der Waals surface area contributed by atoms with Crippen LogP contribution in [0.15, 0.2) is 22.7 Å². The molecule has 1 aromatic carbocycles. The van der Waals surface area contributed by atoms with Gasteiger partial charge in [-0.1, -0.05) is 12.8 Å². The van der Waals surface area contributed by atoms with Crippen molar-refractivity contribution in [3.8, 4) is 0 Å². The number of anilines is 1. The Kier molecular flexibility index (Phi) is 3.36. The van der Waals surface area contributed by atoms with E-state index in [-0.39, 0.29) is 23.8 Å². The van der Waals surface area contributed by atoms with Crippen molar-refractivity contribution < 1.29 is 19.5 Å². The Balaban J connectivity index is 2.01. The summed E-state index contributed by atoms with van der Waals surface area (Å²) in [5.41, 5.74) is -0.164. The molecule has 1 heterocycles. The summed E-state index contributed by atoms with van der Waals surface area (Å²) in [6.45, 7) is 0. The van der Waals surface area contributed by atoms with Crippen LogP contribution >= 0.6 is 15.9 Å². The Bertz CT molecular complexity index is 649. The van der Waals surface area contributed by atoms with Gasteiger partial charge in [0.25, 0.3) is 0 Å². The second-order valence-electron chi connectivity index (χ2n) is 5.67. The van der Waals surface area contributed by atoms with Crippen molar-refractivity contribution in [3.63, 3.8) is 0 Å². The molecule has 1 N–H and O–H groups in total. The number of nitrogens with zero attached hydrogens (tertiary/aromatic N) is 1. The van der Waals surface area contributed by atoms with Crippen LogP contribution in [0.2, 0.25) is 0 Å². The van der Waals surface area contributed by atoms with E-state index in [4.69, 9.17) is 5.11 Å². The Hall–Kier alpha value is -1.69. The Labute approximate surface area is 130 Å². The number of carboxylic acid groups (broad SMARTS) is 1. The Morgan fingerprint density at radius 3 is 2.52 bits per heavy atom. The first-order valence-corrected chi connectivity index (χ1v) is 7.64. The van der Waals surface area contributed by atoms with Gasteiger partial charge < -0.3 is 5.11 Å². The van der Waals surface area contributed by atoms with Crippen molar-refractivity contribution in [2.45, 2.75) is 32.1 Å². The summed E-state index contributed by atoms with van der Waals surface area (Å²) in [5, 5.41) is 9.15. The molecule has 21 heavy (non-hydrogen) atoms. The van der Waals surface area contributed by atoms with Crippen LogP contribution in [0.5, 0.6) is 0 Å². The van der Waals surface area contributed by atoms with Crippen LogP contribution < -0.4 is 4.90 Å². The summed E-state index contributed by atoms with van der Waals surface area (Å²) in [6.07, 6.45) is 3.66. The summed E-state index contributed by atoms with van der Waals surface area (Å²) in [6, 6.07) is 4.52. The van der Waals surface area contributed by atoms with E-state index in [0.717, 1.165) is 30.6 Å². The molecule has 0 aromatic heterocycles. The molecule has 1 saturated heterocycles. The Morgan fingerprint density at radius 1 is 1.24 bits per heavy atom. The zero-order chi connectivity index (χ0) is 15.2. The predicted octanol–water partition coefficient (Wildman–Crippen LogP) is 2.97. The number of hydrogen-bond acceptors (Lipinski definition) is 3. The summed E-state index contributed by atoms with van der Waals surface area (Å²) in [4.78, 5) is 37.3. The van der Waals surface area contributed by atoms with E-state index in [2.05, 4.69) is 15.9 Å². The van der Waals surface area contributed by atoms with Crippen LogP contribution in [-0.4, -0.2) is 22.9 Å². The summed E-state index contributed by atoms with van der Waals surface area (Å²) < 4.78 is 0.424. The van der Waals surface area contributed by atoms with Gasteiger partial charge in [0.15, 0.2) is 0 Å².